The zero-order chi connectivity index (χ0) is 20.1. The molecule has 2 bridgehead atoms. The summed E-state index contributed by atoms with van der Waals surface area (Å²) in [5, 5.41) is 27.7. The zero-order valence-electron chi connectivity index (χ0n) is 16.4. The van der Waals surface area contributed by atoms with Gasteiger partial charge in [-0.25, -0.2) is 4.52 Å². The Morgan fingerprint density at radius 2 is 1.86 bits per heavy atom. The van der Waals surface area contributed by atoms with E-state index in [-0.39, 0.29) is 0 Å². The summed E-state index contributed by atoms with van der Waals surface area (Å²) in [5.74, 6) is 0.615. The van der Waals surface area contributed by atoms with Gasteiger partial charge in [0.15, 0.2) is 6.19 Å². The lowest BCUT2D eigenvalue weighted by atomic mass is 9.97. The minimum atomic E-state index is 0.311. The van der Waals surface area contributed by atoms with Crippen LogP contribution in [0.5, 0.6) is 5.75 Å². The van der Waals surface area contributed by atoms with E-state index in [2.05, 4.69) is 29.0 Å². The Bertz CT molecular complexity index is 1160. The van der Waals surface area contributed by atoms with E-state index in [0.717, 1.165) is 42.5 Å². The van der Waals surface area contributed by atoms with Crippen LogP contribution in [0.3, 0.4) is 0 Å². The molecule has 3 aromatic heterocycles. The monoisotopic (exact) mass is 387 g/mol. The van der Waals surface area contributed by atoms with E-state index in [0.29, 0.717) is 35.0 Å². The van der Waals surface area contributed by atoms with E-state index in [9.17, 15) is 10.5 Å². The van der Waals surface area contributed by atoms with E-state index in [1.807, 2.05) is 23.4 Å². The van der Waals surface area contributed by atoms with Crippen LogP contribution in [0.4, 0.5) is 0 Å². The molecule has 0 aliphatic carbocycles. The molecule has 1 unspecified atom stereocenters. The third kappa shape index (κ3) is 2.56. The maximum Gasteiger partial charge on any atom is 0.179 e. The van der Waals surface area contributed by atoms with Crippen molar-refractivity contribution in [1.82, 2.24) is 24.3 Å². The molecule has 8 heteroatoms. The number of hydrogen-bond donors (Lipinski definition) is 0. The fraction of sp³-hybridized carbons (Fsp3) is 0.429. The average molecular weight is 387 g/mol. The van der Waals surface area contributed by atoms with Crippen molar-refractivity contribution >= 4 is 5.52 Å². The van der Waals surface area contributed by atoms with Gasteiger partial charge in [-0.15, -0.1) is 0 Å². The number of methoxy groups -OCH3 is 1. The van der Waals surface area contributed by atoms with Crippen molar-refractivity contribution < 1.29 is 4.74 Å². The number of pyridine rings is 1. The predicted octanol–water partition coefficient (Wildman–Crippen LogP) is 3.04. The van der Waals surface area contributed by atoms with Crippen molar-refractivity contribution in [3.63, 3.8) is 0 Å². The molecule has 3 aromatic rings. The summed E-state index contributed by atoms with van der Waals surface area (Å²) in [6, 6.07) is 5.08. The smallest absolute Gasteiger partial charge is 0.179 e. The Labute approximate surface area is 168 Å². The summed E-state index contributed by atoms with van der Waals surface area (Å²) >= 11 is 0. The van der Waals surface area contributed by atoms with Gasteiger partial charge in [0.25, 0.3) is 0 Å². The van der Waals surface area contributed by atoms with Crippen molar-refractivity contribution in [2.24, 2.45) is 0 Å². The molecule has 5 heterocycles. The molecule has 0 radical (unpaired) electrons. The van der Waals surface area contributed by atoms with Gasteiger partial charge in [-0.05, 0) is 38.7 Å². The van der Waals surface area contributed by atoms with Gasteiger partial charge in [0.1, 0.15) is 22.9 Å². The van der Waals surface area contributed by atoms with Crippen molar-refractivity contribution in [3.05, 3.63) is 35.9 Å². The highest BCUT2D eigenvalue weighted by atomic mass is 16.5. The highest BCUT2D eigenvalue weighted by Crippen LogP contribution is 2.41. The van der Waals surface area contributed by atoms with Crippen LogP contribution in [0.25, 0.3) is 16.6 Å². The standard InChI is InChI=1S/C21H21N7O/c1-13-19(14-5-20(29-2)21-15(8-22)9-24-27(21)11-14)10-25-28(13)18-6-16-3-4-17(7-18)26(16)12-23/h5,9-11,16-18H,3-4,6-7H2,1-2H3/t16-,17+,18?. The highest BCUT2D eigenvalue weighted by Gasteiger charge is 2.41. The third-order valence-electron chi connectivity index (χ3n) is 6.44. The van der Waals surface area contributed by atoms with Crippen molar-refractivity contribution in [2.75, 3.05) is 7.11 Å². The molecule has 5 rings (SSSR count). The molecule has 0 N–H and O–H groups in total. The number of rotatable bonds is 3. The van der Waals surface area contributed by atoms with E-state index >= 15 is 0 Å². The summed E-state index contributed by atoms with van der Waals surface area (Å²) in [5.41, 5.74) is 4.22. The molecule has 0 amide bonds. The SMILES string of the molecule is COc1cc(-c2cnn(C3C[C@H]4CC[C@@H](C3)N4C#N)c2C)cn2ncc(C#N)c12. The van der Waals surface area contributed by atoms with Crippen LogP contribution in [-0.2, 0) is 0 Å². The van der Waals surface area contributed by atoms with Crippen molar-refractivity contribution in [1.29, 1.82) is 10.5 Å². The maximum absolute atomic E-state index is 9.40. The first-order chi connectivity index (χ1) is 14.1. The van der Waals surface area contributed by atoms with Gasteiger partial charge >= 0.3 is 0 Å². The first-order valence-electron chi connectivity index (χ1n) is 9.82. The molecule has 3 atom stereocenters. The fourth-order valence-electron chi connectivity index (χ4n) is 5.06. The van der Waals surface area contributed by atoms with Gasteiger partial charge in [-0.3, -0.25) is 4.68 Å². The molecule has 0 spiro atoms. The second-order valence-electron chi connectivity index (χ2n) is 7.87. The number of piperidine rings is 1. The quantitative estimate of drug-likeness (QED) is 0.641. The Hall–Kier alpha value is -3.52. The molecule has 0 saturated carbocycles. The van der Waals surface area contributed by atoms with Crippen LogP contribution < -0.4 is 4.74 Å². The fourth-order valence-corrected chi connectivity index (χ4v) is 5.06. The van der Waals surface area contributed by atoms with E-state index in [1.165, 1.54) is 0 Å². The number of hydrogen-bond acceptors (Lipinski definition) is 6. The largest absolute Gasteiger partial charge is 0.494 e. The average Bonchev–Trinajstić information content (AvgIpc) is 3.40. The number of ether oxygens (including phenoxy) is 1. The van der Waals surface area contributed by atoms with Gasteiger partial charge in [-0.2, -0.15) is 20.7 Å². The van der Waals surface area contributed by atoms with Gasteiger partial charge < -0.3 is 9.64 Å². The van der Waals surface area contributed by atoms with Crippen LogP contribution in [-0.4, -0.2) is 43.5 Å². The second kappa shape index (κ2) is 6.52. The molecule has 29 heavy (non-hydrogen) atoms. The zero-order valence-corrected chi connectivity index (χ0v) is 16.4. The molecule has 2 fully saturated rings. The minimum Gasteiger partial charge on any atom is -0.494 e. The maximum atomic E-state index is 9.40. The Kier molecular flexibility index (Phi) is 3.95. The van der Waals surface area contributed by atoms with Gasteiger partial charge in [-0.1, -0.05) is 0 Å². The Morgan fingerprint density at radius 3 is 2.52 bits per heavy atom. The minimum absolute atomic E-state index is 0.311. The van der Waals surface area contributed by atoms with Gasteiger partial charge in [0.2, 0.25) is 0 Å². The molecule has 0 aromatic carbocycles. The van der Waals surface area contributed by atoms with E-state index in [4.69, 9.17) is 9.84 Å². The number of aromatic nitrogens is 4. The number of fused-ring (bicyclic) bond motifs is 3. The van der Waals surface area contributed by atoms with E-state index < -0.39 is 0 Å². The molecular formula is C21H21N7O. The summed E-state index contributed by atoms with van der Waals surface area (Å²) in [6.07, 6.45) is 11.8. The first-order valence-corrected chi connectivity index (χ1v) is 9.82. The lowest BCUT2D eigenvalue weighted by molar-refractivity contribution is 0.160. The van der Waals surface area contributed by atoms with Crippen molar-refractivity contribution in [2.45, 2.75) is 50.7 Å². The van der Waals surface area contributed by atoms with Gasteiger partial charge in [0, 0.05) is 35.1 Å². The van der Waals surface area contributed by atoms with Crippen molar-refractivity contribution in [3.8, 4) is 29.1 Å². The summed E-state index contributed by atoms with van der Waals surface area (Å²) < 4.78 is 9.35. The summed E-state index contributed by atoms with van der Waals surface area (Å²) in [6.45, 7) is 2.08. The molecule has 2 aliphatic rings. The molecular weight excluding hydrogens is 366 g/mol. The molecule has 2 saturated heterocycles. The summed E-state index contributed by atoms with van der Waals surface area (Å²) in [7, 11) is 1.60. The van der Waals surface area contributed by atoms with E-state index in [1.54, 1.807) is 17.8 Å². The lowest BCUT2D eigenvalue weighted by Crippen LogP contribution is -2.40. The third-order valence-corrected chi connectivity index (χ3v) is 6.44. The molecule has 146 valence electrons. The Morgan fingerprint density at radius 1 is 1.10 bits per heavy atom. The highest BCUT2D eigenvalue weighted by molar-refractivity contribution is 5.75. The normalized spacial score (nSPS) is 23.2. The second-order valence-corrected chi connectivity index (χ2v) is 7.87. The number of nitriles is 2. The topological polar surface area (TPSA) is 95.2 Å². The first kappa shape index (κ1) is 17.6. The van der Waals surface area contributed by atoms with Crippen LogP contribution >= 0.6 is 0 Å². The molecule has 8 nitrogen and oxygen atoms in total. The summed E-state index contributed by atoms with van der Waals surface area (Å²) in [4.78, 5) is 1.99. The van der Waals surface area contributed by atoms with Crippen LogP contribution in [0.2, 0.25) is 0 Å². The van der Waals surface area contributed by atoms with Gasteiger partial charge in [0.05, 0.1) is 25.5 Å². The predicted molar refractivity (Wildman–Crippen MR) is 105 cm³/mol. The molecule has 2 aliphatic heterocycles. The van der Waals surface area contributed by atoms with Crippen LogP contribution in [0.15, 0.2) is 24.7 Å². The van der Waals surface area contributed by atoms with Crippen LogP contribution in [0.1, 0.15) is 43.0 Å². The number of nitrogens with zero attached hydrogens (tertiary/aromatic N) is 7. The Balaban J connectivity index is 1.52. The van der Waals surface area contributed by atoms with Crippen LogP contribution in [0, 0.1) is 29.7 Å². The lowest BCUT2D eigenvalue weighted by Gasteiger charge is -2.35.